The van der Waals surface area contributed by atoms with Crippen LogP contribution in [0, 0.1) is 5.92 Å². The van der Waals surface area contributed by atoms with Crippen LogP contribution in [0.25, 0.3) is 0 Å². The minimum absolute atomic E-state index is 0.269. The Labute approximate surface area is 86.0 Å². The van der Waals surface area contributed by atoms with E-state index in [0.717, 1.165) is 32.0 Å². The molecule has 0 aromatic rings. The number of hydrogen-bond acceptors (Lipinski definition) is 3. The van der Waals surface area contributed by atoms with Crippen LogP contribution in [0.15, 0.2) is 0 Å². The second kappa shape index (κ2) is 4.60. The van der Waals surface area contributed by atoms with Crippen LogP contribution in [0.5, 0.6) is 0 Å². The summed E-state index contributed by atoms with van der Waals surface area (Å²) in [6, 6.07) is 0.353. The van der Waals surface area contributed by atoms with E-state index >= 15 is 0 Å². The van der Waals surface area contributed by atoms with Crippen molar-refractivity contribution in [3.8, 4) is 0 Å². The molecule has 2 heterocycles. The molecule has 14 heavy (non-hydrogen) atoms. The molecule has 0 aromatic heterocycles. The van der Waals surface area contributed by atoms with Gasteiger partial charge in [-0.05, 0) is 31.7 Å². The van der Waals surface area contributed by atoms with Gasteiger partial charge >= 0.3 is 0 Å². The van der Waals surface area contributed by atoms with Gasteiger partial charge in [-0.3, -0.25) is 4.90 Å². The van der Waals surface area contributed by atoms with E-state index in [2.05, 4.69) is 11.8 Å². The lowest BCUT2D eigenvalue weighted by atomic mass is 9.95. The van der Waals surface area contributed by atoms with Crippen molar-refractivity contribution in [2.75, 3.05) is 26.3 Å². The summed E-state index contributed by atoms with van der Waals surface area (Å²) in [4.78, 5) is 2.46. The van der Waals surface area contributed by atoms with E-state index in [0.29, 0.717) is 12.6 Å². The van der Waals surface area contributed by atoms with Gasteiger partial charge in [-0.1, -0.05) is 6.92 Å². The van der Waals surface area contributed by atoms with Crippen LogP contribution in [0.1, 0.15) is 26.2 Å². The van der Waals surface area contributed by atoms with Crippen molar-refractivity contribution in [1.29, 1.82) is 0 Å². The summed E-state index contributed by atoms with van der Waals surface area (Å²) in [6.07, 6.45) is 3.35. The fraction of sp³-hybridized carbons (Fsp3) is 1.00. The number of aliphatic hydroxyl groups excluding tert-OH is 1. The third kappa shape index (κ3) is 2.27. The highest BCUT2D eigenvalue weighted by atomic mass is 16.5. The summed E-state index contributed by atoms with van der Waals surface area (Å²) in [5.74, 6) is 0.791. The minimum atomic E-state index is -0.269. The molecular weight excluding hydrogens is 178 g/mol. The number of hydrogen-bond donors (Lipinski definition) is 1. The van der Waals surface area contributed by atoms with Gasteiger partial charge in [0, 0.05) is 19.2 Å². The maximum Gasteiger partial charge on any atom is 0.0929 e. The summed E-state index contributed by atoms with van der Waals surface area (Å²) in [5.41, 5.74) is 0. The Kier molecular flexibility index (Phi) is 3.42. The Morgan fingerprint density at radius 2 is 2.21 bits per heavy atom. The Bertz CT molecular complexity index is 186. The smallest absolute Gasteiger partial charge is 0.0929 e. The maximum absolute atomic E-state index is 9.84. The van der Waals surface area contributed by atoms with Crippen LogP contribution in [-0.2, 0) is 4.74 Å². The first-order chi connectivity index (χ1) is 6.77. The zero-order valence-corrected chi connectivity index (χ0v) is 8.98. The normalized spacial score (nSPS) is 41.1. The van der Waals surface area contributed by atoms with Crippen molar-refractivity contribution in [1.82, 2.24) is 4.90 Å². The molecule has 0 radical (unpaired) electrons. The number of rotatable bonds is 1. The molecule has 2 rings (SSSR count). The number of ether oxygens (including phenoxy) is 1. The number of aliphatic hydroxyl groups is 1. The third-order valence-corrected chi connectivity index (χ3v) is 3.45. The minimum Gasteiger partial charge on any atom is -0.389 e. The van der Waals surface area contributed by atoms with Gasteiger partial charge in [0.2, 0.25) is 0 Å². The van der Waals surface area contributed by atoms with E-state index in [4.69, 9.17) is 4.74 Å². The Balaban J connectivity index is 1.91. The first kappa shape index (κ1) is 10.4. The van der Waals surface area contributed by atoms with Crippen LogP contribution in [0.4, 0.5) is 0 Å². The van der Waals surface area contributed by atoms with Gasteiger partial charge in [0.15, 0.2) is 0 Å². The Morgan fingerprint density at radius 3 is 2.93 bits per heavy atom. The van der Waals surface area contributed by atoms with Crippen molar-refractivity contribution >= 4 is 0 Å². The van der Waals surface area contributed by atoms with E-state index < -0.39 is 0 Å². The van der Waals surface area contributed by atoms with E-state index in [1.165, 1.54) is 12.8 Å². The number of piperidine rings is 1. The topological polar surface area (TPSA) is 32.7 Å². The molecule has 0 aromatic carbocycles. The third-order valence-electron chi connectivity index (χ3n) is 3.45. The Morgan fingerprint density at radius 1 is 1.36 bits per heavy atom. The zero-order valence-electron chi connectivity index (χ0n) is 8.98. The molecule has 2 aliphatic rings. The molecule has 3 unspecified atom stereocenters. The predicted octanol–water partition coefficient (Wildman–Crippen LogP) is 0.868. The molecule has 2 aliphatic heterocycles. The van der Waals surface area contributed by atoms with Crippen LogP contribution in [-0.4, -0.2) is 48.5 Å². The van der Waals surface area contributed by atoms with E-state index in [1.54, 1.807) is 0 Å². The van der Waals surface area contributed by atoms with Crippen molar-refractivity contribution in [2.24, 2.45) is 5.92 Å². The molecule has 3 nitrogen and oxygen atoms in total. The monoisotopic (exact) mass is 199 g/mol. The maximum atomic E-state index is 9.84. The van der Waals surface area contributed by atoms with Crippen LogP contribution >= 0.6 is 0 Å². The number of nitrogens with zero attached hydrogens (tertiary/aromatic N) is 1. The summed E-state index contributed by atoms with van der Waals surface area (Å²) >= 11 is 0. The van der Waals surface area contributed by atoms with Crippen molar-refractivity contribution < 1.29 is 9.84 Å². The van der Waals surface area contributed by atoms with Gasteiger partial charge in [0.25, 0.3) is 0 Å². The molecular formula is C11H21NO2. The first-order valence-corrected chi connectivity index (χ1v) is 5.77. The fourth-order valence-corrected chi connectivity index (χ4v) is 2.66. The quantitative estimate of drug-likeness (QED) is 0.680. The van der Waals surface area contributed by atoms with Gasteiger partial charge < -0.3 is 9.84 Å². The highest BCUT2D eigenvalue weighted by Gasteiger charge is 2.31. The molecule has 3 heteroatoms. The molecule has 0 spiro atoms. The zero-order chi connectivity index (χ0) is 9.97. The number of likely N-dealkylation sites (tertiary alicyclic amines) is 1. The lowest BCUT2D eigenvalue weighted by Gasteiger charge is -2.41. The van der Waals surface area contributed by atoms with Crippen LogP contribution in [0.3, 0.4) is 0 Å². The molecule has 0 aliphatic carbocycles. The van der Waals surface area contributed by atoms with E-state index in [9.17, 15) is 5.11 Å². The molecule has 2 saturated heterocycles. The lowest BCUT2D eigenvalue weighted by Crippen LogP contribution is -2.52. The molecule has 82 valence electrons. The van der Waals surface area contributed by atoms with Crippen LogP contribution in [0.2, 0.25) is 0 Å². The molecule has 0 amide bonds. The molecule has 0 saturated carbocycles. The molecule has 3 atom stereocenters. The van der Waals surface area contributed by atoms with Crippen molar-refractivity contribution in [3.05, 3.63) is 0 Å². The fourth-order valence-electron chi connectivity index (χ4n) is 2.66. The van der Waals surface area contributed by atoms with Gasteiger partial charge in [0.05, 0.1) is 12.7 Å². The first-order valence-electron chi connectivity index (χ1n) is 5.77. The van der Waals surface area contributed by atoms with E-state index in [1.807, 2.05) is 0 Å². The lowest BCUT2D eigenvalue weighted by molar-refractivity contribution is -0.0721. The Hall–Kier alpha value is -0.120. The molecule has 2 fully saturated rings. The van der Waals surface area contributed by atoms with Gasteiger partial charge in [-0.15, -0.1) is 0 Å². The molecule has 0 bridgehead atoms. The van der Waals surface area contributed by atoms with Gasteiger partial charge in [-0.25, -0.2) is 0 Å². The van der Waals surface area contributed by atoms with Crippen LogP contribution < -0.4 is 0 Å². The second-order valence-corrected chi connectivity index (χ2v) is 4.74. The van der Waals surface area contributed by atoms with Crippen molar-refractivity contribution in [3.63, 3.8) is 0 Å². The SMILES string of the molecule is CC1CCCN(C2CCOCC2O)C1. The van der Waals surface area contributed by atoms with Crippen molar-refractivity contribution in [2.45, 2.75) is 38.3 Å². The highest BCUT2D eigenvalue weighted by Crippen LogP contribution is 2.22. The standard InChI is InChI=1S/C11H21NO2/c1-9-3-2-5-12(7-9)10-4-6-14-8-11(10)13/h9-11,13H,2-8H2,1H3. The summed E-state index contributed by atoms with van der Waals surface area (Å²) in [5, 5.41) is 9.84. The summed E-state index contributed by atoms with van der Waals surface area (Å²) < 4.78 is 5.25. The van der Waals surface area contributed by atoms with E-state index in [-0.39, 0.29) is 6.10 Å². The second-order valence-electron chi connectivity index (χ2n) is 4.74. The van der Waals surface area contributed by atoms with Gasteiger partial charge in [-0.2, -0.15) is 0 Å². The predicted molar refractivity (Wildman–Crippen MR) is 55.2 cm³/mol. The average Bonchev–Trinajstić information content (AvgIpc) is 2.18. The highest BCUT2D eigenvalue weighted by molar-refractivity contribution is 4.84. The van der Waals surface area contributed by atoms with Gasteiger partial charge in [0.1, 0.15) is 0 Å². The summed E-state index contributed by atoms with van der Waals surface area (Å²) in [7, 11) is 0. The largest absolute Gasteiger partial charge is 0.389 e. The average molecular weight is 199 g/mol. The molecule has 1 N–H and O–H groups in total. The summed E-state index contributed by atoms with van der Waals surface area (Å²) in [6.45, 7) is 5.95.